The van der Waals surface area contributed by atoms with E-state index in [0.717, 1.165) is 35.7 Å². The second-order valence-corrected chi connectivity index (χ2v) is 5.53. The summed E-state index contributed by atoms with van der Waals surface area (Å²) in [6.45, 7) is 6.74. The molecule has 1 aromatic carbocycles. The summed E-state index contributed by atoms with van der Waals surface area (Å²) in [7, 11) is 0. The van der Waals surface area contributed by atoms with Gasteiger partial charge in [0.25, 0.3) is 0 Å². The number of para-hydroxylation sites is 1. The summed E-state index contributed by atoms with van der Waals surface area (Å²) in [5.74, 6) is 1.46. The molecule has 1 heterocycles. The molecule has 0 bridgehead atoms. The Morgan fingerprint density at radius 2 is 1.76 bits per heavy atom. The smallest absolute Gasteiger partial charge is 0.173 e. The topological polar surface area (TPSA) is 15.3 Å². The van der Waals surface area contributed by atoms with Crippen LogP contribution in [0.25, 0.3) is 0 Å². The first-order valence-corrected chi connectivity index (χ1v) is 6.67. The van der Waals surface area contributed by atoms with Crippen LogP contribution in [0.5, 0.6) is 0 Å². The molecular weight excluding hydrogens is 228 g/mol. The zero-order chi connectivity index (χ0) is 12.3. The van der Waals surface area contributed by atoms with Gasteiger partial charge in [0.1, 0.15) is 0 Å². The van der Waals surface area contributed by atoms with Crippen LogP contribution in [0.15, 0.2) is 30.3 Å². The van der Waals surface area contributed by atoms with E-state index in [9.17, 15) is 0 Å². The number of likely N-dealkylation sites (tertiary alicyclic amines) is 1. The fraction of sp³-hybridized carbons (Fsp3) is 0.500. The molecule has 1 saturated heterocycles. The van der Waals surface area contributed by atoms with E-state index in [0.29, 0.717) is 0 Å². The number of hydrogen-bond acceptors (Lipinski definition) is 1. The molecule has 0 spiro atoms. The maximum atomic E-state index is 5.48. The average Bonchev–Trinajstić information content (AvgIpc) is 2.29. The summed E-state index contributed by atoms with van der Waals surface area (Å²) < 4.78 is 0. The van der Waals surface area contributed by atoms with Gasteiger partial charge in [-0.3, -0.25) is 0 Å². The van der Waals surface area contributed by atoms with E-state index in [2.05, 4.69) is 24.1 Å². The standard InChI is InChI=1S/C14H20N2S/c1-11-8-12(2)10-16(9-11)14(17)15-13-6-4-3-5-7-13/h3-7,11-12H,8-10H2,1-2H3,(H,15,17). The van der Waals surface area contributed by atoms with Crippen molar-refractivity contribution in [2.45, 2.75) is 20.3 Å². The van der Waals surface area contributed by atoms with Crippen LogP contribution in [-0.2, 0) is 0 Å². The summed E-state index contributed by atoms with van der Waals surface area (Å²) >= 11 is 5.48. The number of rotatable bonds is 1. The number of thiocarbonyl (C=S) groups is 1. The van der Waals surface area contributed by atoms with Gasteiger partial charge in [0.15, 0.2) is 5.11 Å². The van der Waals surface area contributed by atoms with Crippen molar-refractivity contribution >= 4 is 23.0 Å². The third kappa shape index (κ3) is 3.43. The molecule has 3 heteroatoms. The van der Waals surface area contributed by atoms with Gasteiger partial charge in [-0.25, -0.2) is 0 Å². The molecule has 0 amide bonds. The zero-order valence-corrected chi connectivity index (χ0v) is 11.3. The fourth-order valence-corrected chi connectivity index (χ4v) is 2.82. The van der Waals surface area contributed by atoms with Crippen LogP contribution in [0.3, 0.4) is 0 Å². The minimum absolute atomic E-state index is 0.731. The molecule has 2 unspecified atom stereocenters. The molecule has 2 rings (SSSR count). The second-order valence-electron chi connectivity index (χ2n) is 5.15. The van der Waals surface area contributed by atoms with Gasteiger partial charge in [0.05, 0.1) is 0 Å². The van der Waals surface area contributed by atoms with E-state index < -0.39 is 0 Å². The first kappa shape index (κ1) is 12.4. The van der Waals surface area contributed by atoms with Gasteiger partial charge < -0.3 is 10.2 Å². The van der Waals surface area contributed by atoms with E-state index in [1.54, 1.807) is 0 Å². The Bertz CT molecular complexity index is 367. The lowest BCUT2D eigenvalue weighted by Crippen LogP contribution is -2.44. The number of nitrogens with zero attached hydrogens (tertiary/aromatic N) is 1. The minimum Gasteiger partial charge on any atom is -0.348 e. The highest BCUT2D eigenvalue weighted by atomic mass is 32.1. The van der Waals surface area contributed by atoms with Gasteiger partial charge in [0, 0.05) is 18.8 Å². The van der Waals surface area contributed by atoms with E-state index in [1.165, 1.54) is 6.42 Å². The van der Waals surface area contributed by atoms with Gasteiger partial charge in [0.2, 0.25) is 0 Å². The molecular formula is C14H20N2S. The molecule has 2 atom stereocenters. The van der Waals surface area contributed by atoms with Crippen LogP contribution in [0.4, 0.5) is 5.69 Å². The van der Waals surface area contributed by atoms with Crippen LogP contribution >= 0.6 is 12.2 Å². The molecule has 1 fully saturated rings. The van der Waals surface area contributed by atoms with Crippen LogP contribution in [0.1, 0.15) is 20.3 Å². The maximum Gasteiger partial charge on any atom is 0.173 e. The maximum absolute atomic E-state index is 5.48. The van der Waals surface area contributed by atoms with Crippen molar-refractivity contribution in [3.05, 3.63) is 30.3 Å². The van der Waals surface area contributed by atoms with Crippen molar-refractivity contribution in [1.82, 2.24) is 4.90 Å². The lowest BCUT2D eigenvalue weighted by atomic mass is 9.92. The summed E-state index contributed by atoms with van der Waals surface area (Å²) in [6.07, 6.45) is 1.31. The largest absolute Gasteiger partial charge is 0.348 e. The summed E-state index contributed by atoms with van der Waals surface area (Å²) in [5.41, 5.74) is 1.07. The van der Waals surface area contributed by atoms with Crippen molar-refractivity contribution < 1.29 is 0 Å². The second kappa shape index (κ2) is 5.50. The highest BCUT2D eigenvalue weighted by Crippen LogP contribution is 2.21. The van der Waals surface area contributed by atoms with Gasteiger partial charge in [-0.15, -0.1) is 0 Å². The Morgan fingerprint density at radius 3 is 2.35 bits per heavy atom. The van der Waals surface area contributed by atoms with Crippen LogP contribution < -0.4 is 5.32 Å². The quantitative estimate of drug-likeness (QED) is 0.767. The third-order valence-electron chi connectivity index (χ3n) is 3.18. The fourth-order valence-electron chi connectivity index (χ4n) is 2.55. The van der Waals surface area contributed by atoms with Crippen molar-refractivity contribution in [1.29, 1.82) is 0 Å². The number of nitrogens with one attached hydrogen (secondary N) is 1. The highest BCUT2D eigenvalue weighted by Gasteiger charge is 2.23. The van der Waals surface area contributed by atoms with Crippen molar-refractivity contribution in [3.8, 4) is 0 Å². The SMILES string of the molecule is CC1CC(C)CN(C(=S)Nc2ccccc2)C1. The van der Waals surface area contributed by atoms with E-state index in [4.69, 9.17) is 12.2 Å². The number of piperidine rings is 1. The molecule has 1 N–H and O–H groups in total. The van der Waals surface area contributed by atoms with Gasteiger partial charge >= 0.3 is 0 Å². The third-order valence-corrected chi connectivity index (χ3v) is 3.54. The van der Waals surface area contributed by atoms with E-state index >= 15 is 0 Å². The monoisotopic (exact) mass is 248 g/mol. The molecule has 2 nitrogen and oxygen atoms in total. The molecule has 92 valence electrons. The first-order valence-electron chi connectivity index (χ1n) is 6.26. The Hall–Kier alpha value is -1.09. The molecule has 1 aromatic rings. The molecule has 1 aliphatic heterocycles. The number of hydrogen-bond donors (Lipinski definition) is 1. The Labute approximate surface area is 109 Å². The van der Waals surface area contributed by atoms with E-state index in [1.807, 2.05) is 30.3 Å². The van der Waals surface area contributed by atoms with E-state index in [-0.39, 0.29) is 0 Å². The lowest BCUT2D eigenvalue weighted by molar-refractivity contribution is 0.216. The predicted octanol–water partition coefficient (Wildman–Crippen LogP) is 3.36. The molecule has 0 aliphatic carbocycles. The summed E-state index contributed by atoms with van der Waals surface area (Å²) in [5, 5.41) is 4.17. The Kier molecular flexibility index (Phi) is 4.00. The van der Waals surface area contributed by atoms with Crippen LogP contribution in [-0.4, -0.2) is 23.1 Å². The molecule has 1 aliphatic rings. The zero-order valence-electron chi connectivity index (χ0n) is 10.5. The highest BCUT2D eigenvalue weighted by molar-refractivity contribution is 7.80. The van der Waals surface area contributed by atoms with Gasteiger partial charge in [-0.2, -0.15) is 0 Å². The Morgan fingerprint density at radius 1 is 1.18 bits per heavy atom. The first-order chi connectivity index (χ1) is 8.15. The van der Waals surface area contributed by atoms with Crippen molar-refractivity contribution in [2.75, 3.05) is 18.4 Å². The average molecular weight is 248 g/mol. The normalized spacial score (nSPS) is 24.5. The molecule has 0 radical (unpaired) electrons. The van der Waals surface area contributed by atoms with Gasteiger partial charge in [-0.1, -0.05) is 32.0 Å². The minimum atomic E-state index is 0.731. The Balaban J connectivity index is 1.96. The van der Waals surface area contributed by atoms with Gasteiger partial charge in [-0.05, 0) is 42.6 Å². The van der Waals surface area contributed by atoms with Crippen LogP contribution in [0, 0.1) is 11.8 Å². The summed E-state index contributed by atoms with van der Waals surface area (Å²) in [4.78, 5) is 2.29. The number of benzene rings is 1. The molecule has 0 aromatic heterocycles. The molecule has 17 heavy (non-hydrogen) atoms. The summed E-state index contributed by atoms with van der Waals surface area (Å²) in [6, 6.07) is 10.1. The lowest BCUT2D eigenvalue weighted by Gasteiger charge is -2.36. The van der Waals surface area contributed by atoms with Crippen molar-refractivity contribution in [3.63, 3.8) is 0 Å². The van der Waals surface area contributed by atoms with Crippen molar-refractivity contribution in [2.24, 2.45) is 11.8 Å². The predicted molar refractivity (Wildman–Crippen MR) is 77.2 cm³/mol. The number of anilines is 1. The van der Waals surface area contributed by atoms with Crippen LogP contribution in [0.2, 0.25) is 0 Å². The molecule has 0 saturated carbocycles.